The molecule has 0 aromatic heterocycles. The number of hydrogen-bond acceptors (Lipinski definition) is 4. The molecule has 0 fully saturated rings. The Balaban J connectivity index is 2.22. The van der Waals surface area contributed by atoms with Gasteiger partial charge < -0.3 is 19.9 Å². The van der Waals surface area contributed by atoms with E-state index in [9.17, 15) is 4.79 Å². The van der Waals surface area contributed by atoms with Gasteiger partial charge in [0, 0.05) is 12.2 Å². The van der Waals surface area contributed by atoms with Crippen molar-refractivity contribution in [1.82, 2.24) is 0 Å². The van der Waals surface area contributed by atoms with Crippen molar-refractivity contribution in [2.24, 2.45) is 0 Å². The molecule has 2 rings (SSSR count). The van der Waals surface area contributed by atoms with Crippen molar-refractivity contribution in [2.45, 2.75) is 20.4 Å². The van der Waals surface area contributed by atoms with Crippen molar-refractivity contribution < 1.29 is 19.4 Å². The molecule has 0 unspecified atom stereocenters. The molecule has 128 valence electrons. The Morgan fingerprint density at radius 3 is 2.67 bits per heavy atom. The number of halogens is 1. The molecule has 24 heavy (non-hydrogen) atoms. The van der Waals surface area contributed by atoms with E-state index in [4.69, 9.17) is 14.6 Å². The van der Waals surface area contributed by atoms with Crippen molar-refractivity contribution in [1.29, 1.82) is 0 Å². The van der Waals surface area contributed by atoms with Gasteiger partial charge in [0.05, 0.1) is 23.8 Å². The van der Waals surface area contributed by atoms with Crippen LogP contribution in [0.15, 0.2) is 34.8 Å². The first kappa shape index (κ1) is 18.1. The standard InChI is InChI=1S/C18H20BrNO4/c1-4-24-17-14(19)7-12(8-16(17)23-3)10-20-15-9-13(18(21)22)6-5-11(15)2/h5-9,20H,4,10H2,1-3H3,(H,21,22). The topological polar surface area (TPSA) is 67.8 Å². The SMILES string of the molecule is CCOc1c(Br)cc(CNc2cc(C(=O)O)ccc2C)cc1OC. The molecule has 0 saturated carbocycles. The van der Waals surface area contributed by atoms with Gasteiger partial charge in [-0.15, -0.1) is 0 Å². The second-order valence-electron chi connectivity index (χ2n) is 5.23. The van der Waals surface area contributed by atoms with Crippen LogP contribution in [-0.4, -0.2) is 24.8 Å². The van der Waals surface area contributed by atoms with E-state index in [2.05, 4.69) is 21.2 Å². The third-order valence-electron chi connectivity index (χ3n) is 3.55. The molecule has 5 nitrogen and oxygen atoms in total. The first-order valence-corrected chi connectivity index (χ1v) is 8.32. The highest BCUT2D eigenvalue weighted by Gasteiger charge is 2.12. The Kier molecular flexibility index (Phi) is 6.09. The Morgan fingerprint density at radius 1 is 1.29 bits per heavy atom. The zero-order chi connectivity index (χ0) is 17.7. The van der Waals surface area contributed by atoms with Crippen molar-refractivity contribution in [3.63, 3.8) is 0 Å². The molecule has 2 aromatic rings. The molecule has 0 aliphatic carbocycles. The van der Waals surface area contributed by atoms with Crippen LogP contribution in [0.4, 0.5) is 5.69 Å². The van der Waals surface area contributed by atoms with Crippen LogP contribution in [0.3, 0.4) is 0 Å². The summed E-state index contributed by atoms with van der Waals surface area (Å²) >= 11 is 3.50. The number of rotatable bonds is 7. The van der Waals surface area contributed by atoms with Gasteiger partial charge in [0.2, 0.25) is 0 Å². The van der Waals surface area contributed by atoms with Gasteiger partial charge in [0.25, 0.3) is 0 Å². The van der Waals surface area contributed by atoms with Crippen LogP contribution >= 0.6 is 15.9 Å². The minimum absolute atomic E-state index is 0.258. The number of benzene rings is 2. The average molecular weight is 394 g/mol. The van der Waals surface area contributed by atoms with E-state index < -0.39 is 5.97 Å². The fourth-order valence-electron chi connectivity index (χ4n) is 2.30. The normalized spacial score (nSPS) is 10.3. The molecule has 0 aliphatic rings. The van der Waals surface area contributed by atoms with E-state index in [1.54, 1.807) is 25.3 Å². The van der Waals surface area contributed by atoms with Crippen LogP contribution < -0.4 is 14.8 Å². The van der Waals surface area contributed by atoms with Crippen LogP contribution in [0.5, 0.6) is 11.5 Å². The average Bonchev–Trinajstić information content (AvgIpc) is 2.55. The maximum atomic E-state index is 11.1. The Bertz CT molecular complexity index is 746. The highest BCUT2D eigenvalue weighted by atomic mass is 79.9. The molecular formula is C18H20BrNO4. The number of carbonyl (C=O) groups is 1. The van der Waals surface area contributed by atoms with E-state index >= 15 is 0 Å². The monoisotopic (exact) mass is 393 g/mol. The lowest BCUT2D eigenvalue weighted by Crippen LogP contribution is -2.05. The molecule has 0 saturated heterocycles. The fraction of sp³-hybridized carbons (Fsp3) is 0.278. The molecular weight excluding hydrogens is 374 g/mol. The van der Waals surface area contributed by atoms with Gasteiger partial charge in [-0.2, -0.15) is 0 Å². The summed E-state index contributed by atoms with van der Waals surface area (Å²) in [6.45, 7) is 4.93. The first-order chi connectivity index (χ1) is 11.5. The molecule has 0 amide bonds. The molecule has 0 radical (unpaired) electrons. The van der Waals surface area contributed by atoms with Gasteiger partial charge in [-0.3, -0.25) is 0 Å². The van der Waals surface area contributed by atoms with Crippen molar-refractivity contribution in [2.75, 3.05) is 19.0 Å². The maximum Gasteiger partial charge on any atom is 0.335 e. The molecule has 0 aliphatic heterocycles. The molecule has 2 aromatic carbocycles. The van der Waals surface area contributed by atoms with E-state index in [1.807, 2.05) is 26.0 Å². The number of carboxylic acids is 1. The molecule has 0 bridgehead atoms. The van der Waals surface area contributed by atoms with Crippen LogP contribution in [0.1, 0.15) is 28.4 Å². The van der Waals surface area contributed by atoms with E-state index in [-0.39, 0.29) is 5.56 Å². The number of anilines is 1. The predicted molar refractivity (Wildman–Crippen MR) is 97.3 cm³/mol. The molecule has 0 atom stereocenters. The van der Waals surface area contributed by atoms with E-state index in [0.29, 0.717) is 24.7 Å². The number of carboxylic acid groups (broad SMARTS) is 1. The Hall–Kier alpha value is -2.21. The van der Waals surface area contributed by atoms with Crippen molar-refractivity contribution in [3.05, 3.63) is 51.5 Å². The van der Waals surface area contributed by atoms with Crippen LogP contribution in [0.2, 0.25) is 0 Å². The van der Waals surface area contributed by atoms with Crippen LogP contribution in [-0.2, 0) is 6.54 Å². The number of ether oxygens (including phenoxy) is 2. The van der Waals surface area contributed by atoms with Crippen LogP contribution in [0, 0.1) is 6.92 Å². The Morgan fingerprint density at radius 2 is 2.04 bits per heavy atom. The number of aromatic carboxylic acids is 1. The zero-order valence-corrected chi connectivity index (χ0v) is 15.4. The maximum absolute atomic E-state index is 11.1. The number of hydrogen-bond donors (Lipinski definition) is 2. The molecule has 0 spiro atoms. The lowest BCUT2D eigenvalue weighted by atomic mass is 10.1. The van der Waals surface area contributed by atoms with Gasteiger partial charge in [0.1, 0.15) is 0 Å². The highest BCUT2D eigenvalue weighted by Crippen LogP contribution is 2.36. The summed E-state index contributed by atoms with van der Waals surface area (Å²) in [7, 11) is 1.60. The summed E-state index contributed by atoms with van der Waals surface area (Å²) in [5, 5.41) is 12.4. The van der Waals surface area contributed by atoms with Gasteiger partial charge in [-0.1, -0.05) is 6.07 Å². The summed E-state index contributed by atoms with van der Waals surface area (Å²) in [4.78, 5) is 11.1. The summed E-state index contributed by atoms with van der Waals surface area (Å²) in [5.74, 6) is 0.385. The van der Waals surface area contributed by atoms with Gasteiger partial charge in [-0.25, -0.2) is 4.79 Å². The van der Waals surface area contributed by atoms with Crippen molar-refractivity contribution in [3.8, 4) is 11.5 Å². The summed E-state index contributed by atoms with van der Waals surface area (Å²) in [5.41, 5.74) is 3.02. The second kappa shape index (κ2) is 8.06. The van der Waals surface area contributed by atoms with Gasteiger partial charge in [-0.05, 0) is 65.2 Å². The molecule has 6 heteroatoms. The fourth-order valence-corrected chi connectivity index (χ4v) is 2.91. The third kappa shape index (κ3) is 4.20. The molecule has 2 N–H and O–H groups in total. The van der Waals surface area contributed by atoms with Gasteiger partial charge >= 0.3 is 5.97 Å². The number of methoxy groups -OCH3 is 1. The highest BCUT2D eigenvalue weighted by molar-refractivity contribution is 9.10. The largest absolute Gasteiger partial charge is 0.493 e. The smallest absolute Gasteiger partial charge is 0.335 e. The zero-order valence-electron chi connectivity index (χ0n) is 13.9. The Labute approximate surface area is 149 Å². The van der Waals surface area contributed by atoms with Gasteiger partial charge in [0.15, 0.2) is 11.5 Å². The number of aryl methyl sites for hydroxylation is 1. The van der Waals surface area contributed by atoms with Crippen LogP contribution in [0.25, 0.3) is 0 Å². The quantitative estimate of drug-likeness (QED) is 0.725. The second-order valence-corrected chi connectivity index (χ2v) is 6.08. The minimum Gasteiger partial charge on any atom is -0.493 e. The predicted octanol–water partition coefficient (Wildman–Crippen LogP) is 4.48. The lowest BCUT2D eigenvalue weighted by Gasteiger charge is -2.15. The van der Waals surface area contributed by atoms with E-state index in [1.165, 1.54) is 0 Å². The lowest BCUT2D eigenvalue weighted by molar-refractivity contribution is 0.0697. The molecule has 0 heterocycles. The first-order valence-electron chi connectivity index (χ1n) is 7.53. The van der Waals surface area contributed by atoms with E-state index in [0.717, 1.165) is 21.3 Å². The summed E-state index contributed by atoms with van der Waals surface area (Å²) in [6, 6.07) is 8.88. The minimum atomic E-state index is -0.941. The van der Waals surface area contributed by atoms with Crippen molar-refractivity contribution >= 4 is 27.6 Å². The third-order valence-corrected chi connectivity index (χ3v) is 4.13. The summed E-state index contributed by atoms with van der Waals surface area (Å²) < 4.78 is 11.8. The number of nitrogens with one attached hydrogen (secondary N) is 1. The summed E-state index contributed by atoms with van der Waals surface area (Å²) in [6.07, 6.45) is 0.